The van der Waals surface area contributed by atoms with Crippen molar-refractivity contribution >= 4 is 11.6 Å². The van der Waals surface area contributed by atoms with E-state index in [1.165, 1.54) is 47.1 Å². The van der Waals surface area contributed by atoms with Crippen LogP contribution in [-0.4, -0.2) is 27.2 Å². The molecule has 2 aromatic carbocycles. The first kappa shape index (κ1) is 20.1. The lowest BCUT2D eigenvalue weighted by Gasteiger charge is -2.08. The Morgan fingerprint density at radius 1 is 1.07 bits per heavy atom. The molecule has 0 unspecified atom stereocenters. The summed E-state index contributed by atoms with van der Waals surface area (Å²) in [6, 6.07) is 11.9. The van der Waals surface area contributed by atoms with Crippen LogP contribution in [0.25, 0.3) is 5.69 Å². The molecule has 0 aliphatic heterocycles. The molecule has 1 N–H and O–H groups in total. The molecule has 3 aromatic rings. The second-order valence-electron chi connectivity index (χ2n) is 6.12. The number of non-ortho nitro benzene ring substituents is 1. The summed E-state index contributed by atoms with van der Waals surface area (Å²) >= 11 is 0. The highest BCUT2D eigenvalue weighted by molar-refractivity contribution is 5.92. The van der Waals surface area contributed by atoms with Gasteiger partial charge >= 0.3 is 6.18 Å². The number of hydrogen-bond acceptors (Lipinski definition) is 4. The zero-order valence-corrected chi connectivity index (χ0v) is 14.9. The zero-order chi connectivity index (χ0) is 21.0. The number of nitrogens with zero attached hydrogens (tertiary/aromatic N) is 3. The Hall–Kier alpha value is -3.69. The quantitative estimate of drug-likeness (QED) is 0.500. The van der Waals surface area contributed by atoms with Crippen molar-refractivity contribution in [2.24, 2.45) is 0 Å². The van der Waals surface area contributed by atoms with E-state index in [4.69, 9.17) is 0 Å². The minimum atomic E-state index is -4.38. The van der Waals surface area contributed by atoms with Gasteiger partial charge in [0.1, 0.15) is 0 Å². The fraction of sp³-hybridized carbons (Fsp3) is 0.158. The average Bonchev–Trinajstić information content (AvgIpc) is 3.18. The minimum Gasteiger partial charge on any atom is -0.350 e. The molecule has 1 amide bonds. The fourth-order valence-electron chi connectivity index (χ4n) is 2.59. The first-order valence-corrected chi connectivity index (χ1v) is 8.49. The summed E-state index contributed by atoms with van der Waals surface area (Å²) < 4.78 is 39.1. The van der Waals surface area contributed by atoms with E-state index in [0.29, 0.717) is 17.7 Å². The molecule has 0 radical (unpaired) electrons. The van der Waals surface area contributed by atoms with E-state index in [1.807, 2.05) is 0 Å². The topological polar surface area (TPSA) is 90.1 Å². The van der Waals surface area contributed by atoms with E-state index in [-0.39, 0.29) is 17.9 Å². The van der Waals surface area contributed by atoms with Crippen molar-refractivity contribution in [1.82, 2.24) is 15.1 Å². The summed E-state index contributed by atoms with van der Waals surface area (Å²) in [5.74, 6) is -0.433. The Kier molecular flexibility index (Phi) is 5.62. The molecule has 0 fully saturated rings. The number of alkyl halides is 3. The normalized spacial score (nSPS) is 11.3. The van der Waals surface area contributed by atoms with Crippen LogP contribution in [0.2, 0.25) is 0 Å². The largest absolute Gasteiger partial charge is 0.416 e. The fourth-order valence-corrected chi connectivity index (χ4v) is 2.59. The number of carbonyl (C=O) groups is 1. The van der Waals surface area contributed by atoms with Crippen LogP contribution in [0.5, 0.6) is 0 Å². The summed E-state index contributed by atoms with van der Waals surface area (Å²) in [7, 11) is 0. The monoisotopic (exact) mass is 404 g/mol. The maximum atomic E-state index is 12.5. The third-order valence-corrected chi connectivity index (χ3v) is 4.13. The van der Waals surface area contributed by atoms with Gasteiger partial charge in [-0.15, -0.1) is 0 Å². The van der Waals surface area contributed by atoms with Crippen molar-refractivity contribution in [3.63, 3.8) is 0 Å². The molecule has 1 heterocycles. The van der Waals surface area contributed by atoms with E-state index in [1.54, 1.807) is 6.20 Å². The lowest BCUT2D eigenvalue weighted by atomic mass is 10.1. The highest BCUT2D eigenvalue weighted by atomic mass is 19.4. The number of nitrogens with one attached hydrogen (secondary N) is 1. The number of nitro groups is 1. The summed E-state index contributed by atoms with van der Waals surface area (Å²) in [5.41, 5.74) is 0.592. The predicted octanol–water partition coefficient (Wildman–Crippen LogP) is 3.77. The molecule has 0 spiro atoms. The van der Waals surface area contributed by atoms with Gasteiger partial charge in [-0.1, -0.05) is 12.1 Å². The Bertz CT molecular complexity index is 1010. The number of nitro benzene ring substituents is 1. The van der Waals surface area contributed by atoms with Crippen molar-refractivity contribution in [3.05, 3.63) is 87.7 Å². The lowest BCUT2D eigenvalue weighted by molar-refractivity contribution is -0.384. The number of hydrogen-bond donors (Lipinski definition) is 1. The number of amides is 1. The van der Waals surface area contributed by atoms with Crippen molar-refractivity contribution < 1.29 is 22.9 Å². The smallest absolute Gasteiger partial charge is 0.350 e. The second-order valence-corrected chi connectivity index (χ2v) is 6.12. The van der Waals surface area contributed by atoms with Crippen LogP contribution >= 0.6 is 0 Å². The maximum absolute atomic E-state index is 12.5. The zero-order valence-electron chi connectivity index (χ0n) is 14.9. The third-order valence-electron chi connectivity index (χ3n) is 4.13. The third kappa shape index (κ3) is 4.98. The lowest BCUT2D eigenvalue weighted by Crippen LogP contribution is -2.26. The van der Waals surface area contributed by atoms with Crippen molar-refractivity contribution in [2.45, 2.75) is 12.6 Å². The number of carbonyl (C=O) groups excluding carboxylic acids is 1. The second kappa shape index (κ2) is 8.13. The highest BCUT2D eigenvalue weighted by Crippen LogP contribution is 2.29. The molecule has 0 atom stereocenters. The number of benzene rings is 2. The van der Waals surface area contributed by atoms with Crippen LogP contribution in [0, 0.1) is 10.1 Å². The van der Waals surface area contributed by atoms with Gasteiger partial charge < -0.3 is 5.32 Å². The molecule has 3 rings (SSSR count). The van der Waals surface area contributed by atoms with Gasteiger partial charge in [0.2, 0.25) is 0 Å². The summed E-state index contributed by atoms with van der Waals surface area (Å²) in [6.45, 7) is 0.231. The molecule has 0 saturated carbocycles. The average molecular weight is 404 g/mol. The molecule has 0 bridgehead atoms. The van der Waals surface area contributed by atoms with Gasteiger partial charge in [-0.2, -0.15) is 18.3 Å². The van der Waals surface area contributed by atoms with E-state index < -0.39 is 22.6 Å². The van der Waals surface area contributed by atoms with E-state index in [0.717, 1.165) is 12.1 Å². The number of halogens is 3. The van der Waals surface area contributed by atoms with Crippen LogP contribution in [0.3, 0.4) is 0 Å². The Labute approximate surface area is 162 Å². The molecule has 0 aliphatic carbocycles. The molecule has 29 heavy (non-hydrogen) atoms. The van der Waals surface area contributed by atoms with Crippen molar-refractivity contribution in [2.75, 3.05) is 6.54 Å². The van der Waals surface area contributed by atoms with Crippen molar-refractivity contribution in [1.29, 1.82) is 0 Å². The molecular weight excluding hydrogens is 389 g/mol. The molecule has 150 valence electrons. The molecule has 10 heteroatoms. The molecule has 0 aliphatic rings. The SMILES string of the molecule is O=C(NCCc1ccc(C(F)(F)F)cc1)c1ccn(-c2ccc([N+](=O)[O-])cc2)n1. The van der Waals surface area contributed by atoms with Gasteiger partial charge in [0.15, 0.2) is 5.69 Å². The number of rotatable bonds is 6. The molecular formula is C19H15F3N4O3. The molecule has 7 nitrogen and oxygen atoms in total. The minimum absolute atomic E-state index is 0.0536. The first-order valence-electron chi connectivity index (χ1n) is 8.49. The van der Waals surface area contributed by atoms with Crippen LogP contribution < -0.4 is 5.32 Å². The Morgan fingerprint density at radius 2 is 1.72 bits per heavy atom. The van der Waals surface area contributed by atoms with Crippen LogP contribution in [-0.2, 0) is 12.6 Å². The summed E-state index contributed by atoms with van der Waals surface area (Å²) in [5, 5.41) is 17.5. The standard InChI is InChI=1S/C19H15F3N4O3/c20-19(21,22)14-3-1-13(2-4-14)9-11-23-18(27)17-10-12-25(24-17)15-5-7-16(8-6-15)26(28)29/h1-8,10,12H,9,11H2,(H,23,27). The van der Waals surface area contributed by atoms with Gasteiger partial charge in [-0.25, -0.2) is 4.68 Å². The maximum Gasteiger partial charge on any atom is 0.416 e. The van der Waals surface area contributed by atoms with E-state index >= 15 is 0 Å². The van der Waals surface area contributed by atoms with E-state index in [2.05, 4.69) is 10.4 Å². The molecule has 0 saturated heterocycles. The van der Waals surface area contributed by atoms with E-state index in [9.17, 15) is 28.1 Å². The van der Waals surface area contributed by atoms with Crippen LogP contribution in [0.1, 0.15) is 21.6 Å². The van der Waals surface area contributed by atoms with Gasteiger partial charge in [0, 0.05) is 24.9 Å². The van der Waals surface area contributed by atoms with Gasteiger partial charge in [-0.3, -0.25) is 14.9 Å². The predicted molar refractivity (Wildman–Crippen MR) is 97.7 cm³/mol. The van der Waals surface area contributed by atoms with Crippen molar-refractivity contribution in [3.8, 4) is 5.69 Å². The van der Waals surface area contributed by atoms with Gasteiger partial charge in [0.25, 0.3) is 11.6 Å². The van der Waals surface area contributed by atoms with Gasteiger partial charge in [-0.05, 0) is 42.3 Å². The van der Waals surface area contributed by atoms with Crippen LogP contribution in [0.15, 0.2) is 60.8 Å². The Morgan fingerprint density at radius 3 is 2.31 bits per heavy atom. The molecule has 1 aromatic heterocycles. The Balaban J connectivity index is 1.56. The number of aromatic nitrogens is 2. The summed E-state index contributed by atoms with van der Waals surface area (Å²) in [6.07, 6.45) is -2.46. The van der Waals surface area contributed by atoms with Gasteiger partial charge in [0.05, 0.1) is 16.2 Å². The van der Waals surface area contributed by atoms with Crippen LogP contribution in [0.4, 0.5) is 18.9 Å². The highest BCUT2D eigenvalue weighted by Gasteiger charge is 2.29. The summed E-state index contributed by atoms with van der Waals surface area (Å²) in [4.78, 5) is 22.4. The first-order chi connectivity index (χ1) is 13.7.